The Hall–Kier alpha value is -1.44. The zero-order valence-electron chi connectivity index (χ0n) is 17.6. The van der Waals surface area contributed by atoms with Gasteiger partial charge in [0.15, 0.2) is 0 Å². The molecule has 2 saturated heterocycles. The highest BCUT2D eigenvalue weighted by atomic mass is 32.2. The number of hydrogen-bond acceptors (Lipinski definition) is 4. The predicted octanol–water partition coefficient (Wildman–Crippen LogP) is 2.02. The number of carbonyl (C=O) groups excluding carboxylic acids is 1. The van der Waals surface area contributed by atoms with E-state index in [1.165, 1.54) is 11.1 Å². The Morgan fingerprint density at radius 3 is 2.38 bits per heavy atom. The zero-order valence-corrected chi connectivity index (χ0v) is 18.5. The van der Waals surface area contributed by atoms with Crippen LogP contribution >= 0.6 is 0 Å². The fourth-order valence-corrected chi connectivity index (χ4v) is 6.56. The van der Waals surface area contributed by atoms with Crippen LogP contribution in [0.5, 0.6) is 0 Å². The highest BCUT2D eigenvalue weighted by Gasteiger charge is 2.47. The fraction of sp³-hybridized carbons (Fsp3) is 0.682. The lowest BCUT2D eigenvalue weighted by molar-refractivity contribution is -0.133. The minimum Gasteiger partial charge on any atom is -0.340 e. The maximum absolute atomic E-state index is 13.0. The van der Waals surface area contributed by atoms with Crippen molar-refractivity contribution in [3.63, 3.8) is 0 Å². The monoisotopic (exact) mass is 419 g/mol. The van der Waals surface area contributed by atoms with Gasteiger partial charge in [0.05, 0.1) is 5.75 Å². The molecular weight excluding hydrogens is 386 g/mol. The number of benzene rings is 1. The number of nitrogens with zero attached hydrogens (tertiary/aromatic N) is 3. The van der Waals surface area contributed by atoms with Gasteiger partial charge < -0.3 is 9.80 Å². The molecule has 7 heteroatoms. The normalized spacial score (nSPS) is 25.3. The summed E-state index contributed by atoms with van der Waals surface area (Å²) in [5.41, 5.74) is 2.68. The second-order valence-electron chi connectivity index (χ2n) is 8.96. The number of likely N-dealkylation sites (N-methyl/N-ethyl adjacent to an activating group) is 1. The maximum atomic E-state index is 13.0. The molecule has 2 fully saturated rings. The third kappa shape index (κ3) is 3.97. The molecule has 29 heavy (non-hydrogen) atoms. The smallest absolute Gasteiger partial charge is 0.223 e. The first kappa shape index (κ1) is 20.8. The summed E-state index contributed by atoms with van der Waals surface area (Å²) < 4.78 is 26.2. The molecule has 160 valence electrons. The van der Waals surface area contributed by atoms with E-state index in [0.29, 0.717) is 19.5 Å². The molecule has 1 aromatic carbocycles. The van der Waals surface area contributed by atoms with Gasteiger partial charge in [-0.05, 0) is 55.7 Å². The molecular formula is C22H33N3O3S. The van der Waals surface area contributed by atoms with Gasteiger partial charge >= 0.3 is 0 Å². The molecule has 0 saturated carbocycles. The van der Waals surface area contributed by atoms with E-state index >= 15 is 0 Å². The molecule has 2 heterocycles. The lowest BCUT2D eigenvalue weighted by Crippen LogP contribution is -2.47. The molecule has 0 radical (unpaired) electrons. The Morgan fingerprint density at radius 2 is 1.72 bits per heavy atom. The van der Waals surface area contributed by atoms with Crippen molar-refractivity contribution in [1.29, 1.82) is 0 Å². The van der Waals surface area contributed by atoms with E-state index in [1.54, 1.807) is 11.2 Å². The minimum absolute atomic E-state index is 0.0173. The first-order valence-corrected chi connectivity index (χ1v) is 12.5. The summed E-state index contributed by atoms with van der Waals surface area (Å²) in [6.45, 7) is 6.41. The van der Waals surface area contributed by atoms with Crippen molar-refractivity contribution >= 4 is 15.9 Å². The summed E-state index contributed by atoms with van der Waals surface area (Å²) in [6, 6.07) is 8.54. The molecule has 1 amide bonds. The Bertz CT molecular complexity index is 854. The van der Waals surface area contributed by atoms with Gasteiger partial charge in [0.25, 0.3) is 0 Å². The van der Waals surface area contributed by atoms with Crippen molar-refractivity contribution in [2.75, 3.05) is 52.1 Å². The molecule has 0 bridgehead atoms. The number of sulfonamides is 1. The van der Waals surface area contributed by atoms with Crippen molar-refractivity contribution in [3.05, 3.63) is 35.4 Å². The Kier molecular flexibility index (Phi) is 5.75. The van der Waals surface area contributed by atoms with Crippen molar-refractivity contribution in [1.82, 2.24) is 14.1 Å². The van der Waals surface area contributed by atoms with Gasteiger partial charge in [-0.15, -0.1) is 0 Å². The van der Waals surface area contributed by atoms with Crippen molar-refractivity contribution in [2.24, 2.45) is 0 Å². The van der Waals surface area contributed by atoms with E-state index in [2.05, 4.69) is 36.2 Å². The zero-order chi connectivity index (χ0) is 20.6. The van der Waals surface area contributed by atoms with Crippen molar-refractivity contribution in [3.8, 4) is 0 Å². The van der Waals surface area contributed by atoms with E-state index in [9.17, 15) is 13.2 Å². The van der Waals surface area contributed by atoms with Crippen molar-refractivity contribution in [2.45, 2.75) is 43.9 Å². The standard InChI is InChI=1S/C22H33N3O3S/c1-3-29(27,28)25-10-8-22(9-11-25)17-18(19-6-4-5-7-20(19)22)16-21(26)24-14-12-23(2)13-15-24/h4-7,18H,3,8-17H2,1-2H3. The molecule has 3 aliphatic rings. The molecule has 1 unspecified atom stereocenters. The predicted molar refractivity (Wildman–Crippen MR) is 114 cm³/mol. The SMILES string of the molecule is CCS(=O)(=O)N1CCC2(CC1)CC(CC(=O)N1CCN(C)CC1)c1ccccc12. The number of carbonyl (C=O) groups is 1. The summed E-state index contributed by atoms with van der Waals surface area (Å²) in [6.07, 6.45) is 3.23. The third-order valence-electron chi connectivity index (χ3n) is 7.32. The number of piperazine rings is 1. The number of rotatable bonds is 4. The second-order valence-corrected chi connectivity index (χ2v) is 11.2. The van der Waals surface area contributed by atoms with Crippen LogP contribution in [-0.2, 0) is 20.2 Å². The lowest BCUT2D eigenvalue weighted by atomic mass is 9.73. The molecule has 4 rings (SSSR count). The van der Waals surface area contributed by atoms with E-state index in [4.69, 9.17) is 0 Å². The van der Waals surface area contributed by atoms with Crippen molar-refractivity contribution < 1.29 is 13.2 Å². The van der Waals surface area contributed by atoms with Gasteiger partial charge in [-0.3, -0.25) is 4.79 Å². The summed E-state index contributed by atoms with van der Waals surface area (Å²) in [4.78, 5) is 17.3. The summed E-state index contributed by atoms with van der Waals surface area (Å²) in [5, 5.41) is 0. The molecule has 6 nitrogen and oxygen atoms in total. The lowest BCUT2D eigenvalue weighted by Gasteiger charge is -2.39. The summed E-state index contributed by atoms with van der Waals surface area (Å²) >= 11 is 0. The van der Waals surface area contributed by atoms with Crippen LogP contribution in [0.2, 0.25) is 0 Å². The van der Waals surface area contributed by atoms with Crippen LogP contribution < -0.4 is 0 Å². The largest absolute Gasteiger partial charge is 0.340 e. The van der Waals surface area contributed by atoms with Gasteiger partial charge in [-0.25, -0.2) is 12.7 Å². The number of hydrogen-bond donors (Lipinski definition) is 0. The van der Waals surface area contributed by atoms with Crippen LogP contribution in [0.15, 0.2) is 24.3 Å². The van der Waals surface area contributed by atoms with E-state index in [1.807, 2.05) is 4.90 Å². The highest BCUT2D eigenvalue weighted by molar-refractivity contribution is 7.89. The van der Waals surface area contributed by atoms with Crippen LogP contribution in [0.25, 0.3) is 0 Å². The van der Waals surface area contributed by atoms with Crippen LogP contribution in [0.1, 0.15) is 49.7 Å². The second kappa shape index (κ2) is 8.00. The molecule has 1 spiro atoms. The van der Waals surface area contributed by atoms with E-state index in [-0.39, 0.29) is 23.0 Å². The minimum atomic E-state index is -3.13. The molecule has 2 aliphatic heterocycles. The fourth-order valence-electron chi connectivity index (χ4n) is 5.45. The van der Waals surface area contributed by atoms with Gasteiger partial charge in [-0.1, -0.05) is 24.3 Å². The first-order chi connectivity index (χ1) is 13.8. The molecule has 1 atom stereocenters. The first-order valence-electron chi connectivity index (χ1n) is 10.9. The van der Waals surface area contributed by atoms with Gasteiger partial charge in [0.1, 0.15) is 0 Å². The molecule has 0 N–H and O–H groups in total. The van der Waals surface area contributed by atoms with Gasteiger partial charge in [0, 0.05) is 45.7 Å². The maximum Gasteiger partial charge on any atom is 0.223 e. The van der Waals surface area contributed by atoms with E-state index in [0.717, 1.165) is 45.4 Å². The average molecular weight is 420 g/mol. The quantitative estimate of drug-likeness (QED) is 0.749. The van der Waals surface area contributed by atoms with Gasteiger partial charge in [-0.2, -0.15) is 0 Å². The third-order valence-corrected chi connectivity index (χ3v) is 9.21. The number of piperidine rings is 1. The Balaban J connectivity index is 1.49. The van der Waals surface area contributed by atoms with Crippen LogP contribution in [0, 0.1) is 0 Å². The van der Waals surface area contributed by atoms with Crippen LogP contribution in [0.4, 0.5) is 0 Å². The molecule has 1 aliphatic carbocycles. The summed E-state index contributed by atoms with van der Waals surface area (Å²) in [7, 11) is -1.03. The highest BCUT2D eigenvalue weighted by Crippen LogP contribution is 2.53. The van der Waals surface area contributed by atoms with Crippen LogP contribution in [0.3, 0.4) is 0 Å². The molecule has 0 aromatic heterocycles. The topological polar surface area (TPSA) is 60.9 Å². The average Bonchev–Trinajstić information content (AvgIpc) is 3.02. The number of amides is 1. The van der Waals surface area contributed by atoms with Crippen LogP contribution in [-0.4, -0.2) is 80.5 Å². The van der Waals surface area contributed by atoms with E-state index < -0.39 is 10.0 Å². The Labute approximate surface area is 174 Å². The Morgan fingerprint density at radius 1 is 1.07 bits per heavy atom. The summed E-state index contributed by atoms with van der Waals surface area (Å²) in [5.74, 6) is 0.673. The number of fused-ring (bicyclic) bond motifs is 2. The molecule has 1 aromatic rings. The van der Waals surface area contributed by atoms with Gasteiger partial charge in [0.2, 0.25) is 15.9 Å².